The minimum absolute atomic E-state index is 0.133. The first-order valence-corrected chi connectivity index (χ1v) is 8.61. The standard InChI is InChI=1S/C17H18N4OS/c1-9-14(13-15(19-9)20-17(18)21-16(13)22)23-12-7-6-10-4-2-3-5-11(10)8-12/h6-8H,2-5H2,1H3,(H4,18,19,20,21,22). The van der Waals surface area contributed by atoms with E-state index in [1.807, 2.05) is 6.92 Å². The van der Waals surface area contributed by atoms with E-state index in [0.717, 1.165) is 21.9 Å². The van der Waals surface area contributed by atoms with E-state index < -0.39 is 0 Å². The topological polar surface area (TPSA) is 87.6 Å². The third-order valence-corrected chi connectivity index (χ3v) is 5.56. The Kier molecular flexibility index (Phi) is 3.41. The van der Waals surface area contributed by atoms with Crippen LogP contribution in [0.15, 0.2) is 32.8 Å². The highest BCUT2D eigenvalue weighted by molar-refractivity contribution is 7.99. The molecule has 1 aliphatic rings. The van der Waals surface area contributed by atoms with Crippen LogP contribution in [-0.4, -0.2) is 15.0 Å². The van der Waals surface area contributed by atoms with Crippen LogP contribution in [0.5, 0.6) is 0 Å². The lowest BCUT2D eigenvalue weighted by Gasteiger charge is -2.16. The molecule has 1 aliphatic carbocycles. The number of nitrogens with zero attached hydrogens (tertiary/aromatic N) is 1. The lowest BCUT2D eigenvalue weighted by molar-refractivity contribution is 0.683. The summed E-state index contributed by atoms with van der Waals surface area (Å²) < 4.78 is 0. The fourth-order valence-corrected chi connectivity index (χ4v) is 4.30. The number of fused-ring (bicyclic) bond motifs is 2. The van der Waals surface area contributed by atoms with Gasteiger partial charge in [0.2, 0.25) is 5.95 Å². The monoisotopic (exact) mass is 326 g/mol. The highest BCUT2D eigenvalue weighted by Gasteiger charge is 2.16. The van der Waals surface area contributed by atoms with Crippen LogP contribution >= 0.6 is 11.8 Å². The Balaban J connectivity index is 1.78. The van der Waals surface area contributed by atoms with Crippen molar-refractivity contribution >= 4 is 28.7 Å². The van der Waals surface area contributed by atoms with Crippen LogP contribution < -0.4 is 11.3 Å². The summed E-state index contributed by atoms with van der Waals surface area (Å²) in [6.07, 6.45) is 4.87. The molecule has 0 bridgehead atoms. The maximum Gasteiger partial charge on any atom is 0.262 e. The Labute approximate surface area is 137 Å². The number of aromatic nitrogens is 3. The SMILES string of the molecule is Cc1[nH]c2nc(N)[nH]c(=O)c2c1Sc1ccc2c(c1)CCCC2. The average Bonchev–Trinajstić information content (AvgIpc) is 2.83. The summed E-state index contributed by atoms with van der Waals surface area (Å²) in [5.41, 5.74) is 9.81. The Morgan fingerprint density at radius 2 is 1.96 bits per heavy atom. The molecule has 1 aromatic carbocycles. The summed E-state index contributed by atoms with van der Waals surface area (Å²) in [5, 5.41) is 0.583. The summed E-state index contributed by atoms with van der Waals surface area (Å²) in [7, 11) is 0. The maximum atomic E-state index is 12.2. The van der Waals surface area contributed by atoms with Gasteiger partial charge >= 0.3 is 0 Å². The predicted molar refractivity (Wildman–Crippen MR) is 93.1 cm³/mol. The van der Waals surface area contributed by atoms with E-state index in [1.165, 1.54) is 30.4 Å². The van der Waals surface area contributed by atoms with Gasteiger partial charge in [0.05, 0.1) is 5.39 Å². The molecule has 0 saturated carbocycles. The van der Waals surface area contributed by atoms with Crippen molar-refractivity contribution in [2.24, 2.45) is 0 Å². The van der Waals surface area contributed by atoms with Crippen molar-refractivity contribution in [3.8, 4) is 0 Å². The van der Waals surface area contributed by atoms with Gasteiger partial charge in [0, 0.05) is 15.5 Å². The lowest BCUT2D eigenvalue weighted by atomic mass is 9.92. The number of benzene rings is 1. The molecule has 6 heteroatoms. The molecule has 0 fully saturated rings. The molecule has 4 rings (SSSR count). The zero-order valence-electron chi connectivity index (χ0n) is 12.9. The van der Waals surface area contributed by atoms with Crippen molar-refractivity contribution in [2.75, 3.05) is 5.73 Å². The van der Waals surface area contributed by atoms with Crippen molar-refractivity contribution in [3.05, 3.63) is 45.4 Å². The number of nitrogen functional groups attached to an aromatic ring is 1. The molecule has 5 nitrogen and oxygen atoms in total. The molecular formula is C17H18N4OS. The van der Waals surface area contributed by atoms with Gasteiger partial charge in [-0.15, -0.1) is 0 Å². The van der Waals surface area contributed by atoms with Gasteiger partial charge in [0.1, 0.15) is 5.65 Å². The van der Waals surface area contributed by atoms with Crippen molar-refractivity contribution in [3.63, 3.8) is 0 Å². The normalized spacial score (nSPS) is 14.1. The number of hydrogen-bond donors (Lipinski definition) is 3. The lowest BCUT2D eigenvalue weighted by Crippen LogP contribution is -2.10. The molecule has 23 heavy (non-hydrogen) atoms. The van der Waals surface area contributed by atoms with Gasteiger partial charge in [0.15, 0.2) is 0 Å². The molecule has 118 valence electrons. The van der Waals surface area contributed by atoms with E-state index in [0.29, 0.717) is 11.0 Å². The third kappa shape index (κ3) is 2.53. The second-order valence-corrected chi connectivity index (χ2v) is 7.08. The number of nitrogens with one attached hydrogen (secondary N) is 2. The molecule has 2 heterocycles. The third-order valence-electron chi connectivity index (χ3n) is 4.35. The number of rotatable bonds is 2. The van der Waals surface area contributed by atoms with Gasteiger partial charge in [-0.3, -0.25) is 9.78 Å². The summed E-state index contributed by atoms with van der Waals surface area (Å²) in [6, 6.07) is 6.63. The summed E-state index contributed by atoms with van der Waals surface area (Å²) >= 11 is 1.61. The fraction of sp³-hybridized carbons (Fsp3) is 0.294. The molecule has 2 aromatic heterocycles. The van der Waals surface area contributed by atoms with Gasteiger partial charge in [-0.05, 0) is 55.9 Å². The van der Waals surface area contributed by atoms with E-state index in [9.17, 15) is 4.79 Å². The quantitative estimate of drug-likeness (QED) is 0.675. The molecule has 0 saturated heterocycles. The van der Waals surface area contributed by atoms with E-state index in [2.05, 4.69) is 33.2 Å². The fourth-order valence-electron chi connectivity index (χ4n) is 3.23. The Bertz CT molecular complexity index is 957. The predicted octanol–water partition coefficient (Wildman–Crippen LogP) is 3.17. The minimum atomic E-state index is -0.197. The molecule has 0 spiro atoms. The van der Waals surface area contributed by atoms with Gasteiger partial charge in [0.25, 0.3) is 5.56 Å². The zero-order chi connectivity index (χ0) is 16.0. The second kappa shape index (κ2) is 5.45. The van der Waals surface area contributed by atoms with E-state index in [-0.39, 0.29) is 11.5 Å². The van der Waals surface area contributed by atoms with Crippen molar-refractivity contribution in [2.45, 2.75) is 42.4 Å². The number of hydrogen-bond acceptors (Lipinski definition) is 4. The summed E-state index contributed by atoms with van der Waals surface area (Å²) in [4.78, 5) is 24.2. The second-order valence-electron chi connectivity index (χ2n) is 5.99. The molecular weight excluding hydrogens is 308 g/mol. The Hall–Kier alpha value is -2.21. The highest BCUT2D eigenvalue weighted by Crippen LogP contribution is 2.36. The van der Waals surface area contributed by atoms with E-state index in [1.54, 1.807) is 11.8 Å². The highest BCUT2D eigenvalue weighted by atomic mass is 32.2. The molecule has 0 radical (unpaired) electrons. The van der Waals surface area contributed by atoms with E-state index in [4.69, 9.17) is 5.73 Å². The zero-order valence-corrected chi connectivity index (χ0v) is 13.7. The van der Waals surface area contributed by atoms with Crippen LogP contribution in [0.2, 0.25) is 0 Å². The van der Waals surface area contributed by atoms with Gasteiger partial charge < -0.3 is 10.7 Å². The number of nitrogens with two attached hydrogens (primary N) is 1. The average molecular weight is 326 g/mol. The molecule has 3 aromatic rings. The smallest absolute Gasteiger partial charge is 0.262 e. The van der Waals surface area contributed by atoms with Crippen LogP contribution in [0, 0.1) is 6.92 Å². The minimum Gasteiger partial charge on any atom is -0.369 e. The maximum absolute atomic E-state index is 12.2. The number of anilines is 1. The molecule has 0 aliphatic heterocycles. The first-order chi connectivity index (χ1) is 11.1. The molecule has 0 atom stereocenters. The van der Waals surface area contributed by atoms with Crippen LogP contribution in [-0.2, 0) is 12.8 Å². The number of H-pyrrole nitrogens is 2. The first-order valence-electron chi connectivity index (χ1n) is 7.79. The van der Waals surface area contributed by atoms with Crippen LogP contribution in [0.3, 0.4) is 0 Å². The van der Waals surface area contributed by atoms with E-state index >= 15 is 0 Å². The Morgan fingerprint density at radius 3 is 2.78 bits per heavy atom. The summed E-state index contributed by atoms with van der Waals surface area (Å²) in [6.45, 7) is 1.96. The number of aromatic amines is 2. The largest absolute Gasteiger partial charge is 0.369 e. The van der Waals surface area contributed by atoms with Gasteiger partial charge in [-0.25, -0.2) is 0 Å². The van der Waals surface area contributed by atoms with Crippen molar-refractivity contribution in [1.82, 2.24) is 15.0 Å². The first kappa shape index (κ1) is 14.4. The molecule has 0 amide bonds. The van der Waals surface area contributed by atoms with Crippen molar-refractivity contribution in [1.29, 1.82) is 0 Å². The molecule has 4 N–H and O–H groups in total. The Morgan fingerprint density at radius 1 is 1.17 bits per heavy atom. The van der Waals surface area contributed by atoms with Gasteiger partial charge in [-0.2, -0.15) is 4.98 Å². The van der Waals surface area contributed by atoms with Crippen molar-refractivity contribution < 1.29 is 0 Å². The van der Waals surface area contributed by atoms with Gasteiger partial charge in [-0.1, -0.05) is 17.8 Å². The number of aryl methyl sites for hydroxylation is 3. The van der Waals surface area contributed by atoms with Crippen LogP contribution in [0.1, 0.15) is 29.7 Å². The van der Waals surface area contributed by atoms with Crippen LogP contribution in [0.25, 0.3) is 11.0 Å². The van der Waals surface area contributed by atoms with Crippen LogP contribution in [0.4, 0.5) is 5.95 Å². The summed E-state index contributed by atoms with van der Waals surface area (Å²) in [5.74, 6) is 0.133. The molecule has 0 unspecified atom stereocenters.